The third kappa shape index (κ3) is 4.31. The van der Waals surface area contributed by atoms with Crippen LogP contribution in [0.15, 0.2) is 29.2 Å². The van der Waals surface area contributed by atoms with Crippen molar-refractivity contribution in [2.45, 2.75) is 37.1 Å². The quantitative estimate of drug-likeness (QED) is 0.858. The Morgan fingerprint density at radius 2 is 1.88 bits per heavy atom. The summed E-state index contributed by atoms with van der Waals surface area (Å²) in [5.41, 5.74) is 5.88. The van der Waals surface area contributed by atoms with Crippen molar-refractivity contribution >= 4 is 15.9 Å². The molecule has 0 radical (unpaired) electrons. The maximum Gasteiger partial charge on any atom is 0.243 e. The van der Waals surface area contributed by atoms with Gasteiger partial charge in [0, 0.05) is 26.2 Å². The van der Waals surface area contributed by atoms with E-state index in [2.05, 4.69) is 0 Å². The zero-order valence-electron chi connectivity index (χ0n) is 13.8. The molecule has 1 atom stereocenters. The summed E-state index contributed by atoms with van der Waals surface area (Å²) in [5.74, 6) is -0.607. The van der Waals surface area contributed by atoms with Crippen molar-refractivity contribution < 1.29 is 17.6 Å². The smallest absolute Gasteiger partial charge is 0.243 e. The molecule has 1 amide bonds. The first-order valence-corrected chi connectivity index (χ1v) is 9.60. The molecule has 1 aliphatic rings. The standard InChI is InChI=1S/C16H24FN3O3S/c1-2-4-15(18)16(21)19-9-3-10-20(12-11-19)24(22,23)14-7-5-13(17)6-8-14/h5-8,15H,2-4,9-12,18H2,1H3. The van der Waals surface area contributed by atoms with Crippen molar-refractivity contribution in [3.8, 4) is 0 Å². The predicted molar refractivity (Wildman–Crippen MR) is 89.2 cm³/mol. The lowest BCUT2D eigenvalue weighted by molar-refractivity contribution is -0.132. The van der Waals surface area contributed by atoms with E-state index < -0.39 is 21.9 Å². The second kappa shape index (κ2) is 8.04. The third-order valence-corrected chi connectivity index (χ3v) is 6.05. The Bertz CT molecular complexity index is 664. The summed E-state index contributed by atoms with van der Waals surface area (Å²) >= 11 is 0. The summed E-state index contributed by atoms with van der Waals surface area (Å²) < 4.78 is 39.6. The molecule has 8 heteroatoms. The van der Waals surface area contributed by atoms with Crippen LogP contribution >= 0.6 is 0 Å². The first-order valence-electron chi connectivity index (χ1n) is 8.16. The Hall–Kier alpha value is -1.51. The van der Waals surface area contributed by atoms with E-state index in [0.717, 1.165) is 18.6 Å². The molecule has 134 valence electrons. The van der Waals surface area contributed by atoms with Crippen molar-refractivity contribution in [1.82, 2.24) is 9.21 Å². The molecule has 1 unspecified atom stereocenters. The molecule has 1 aromatic rings. The summed E-state index contributed by atoms with van der Waals surface area (Å²) in [6.07, 6.45) is 1.99. The van der Waals surface area contributed by atoms with E-state index in [0.29, 0.717) is 32.5 Å². The fraction of sp³-hybridized carbons (Fsp3) is 0.562. The van der Waals surface area contributed by atoms with Gasteiger partial charge in [0.25, 0.3) is 0 Å². The fourth-order valence-electron chi connectivity index (χ4n) is 2.78. The Kier molecular flexibility index (Phi) is 6.31. The van der Waals surface area contributed by atoms with Crippen LogP contribution in [-0.2, 0) is 14.8 Å². The number of hydrogen-bond donors (Lipinski definition) is 1. The number of nitrogens with two attached hydrogens (primary N) is 1. The van der Waals surface area contributed by atoms with E-state index in [-0.39, 0.29) is 17.3 Å². The summed E-state index contributed by atoms with van der Waals surface area (Å²) in [7, 11) is -3.68. The lowest BCUT2D eigenvalue weighted by Crippen LogP contribution is -2.45. The molecule has 0 spiro atoms. The first-order chi connectivity index (χ1) is 11.4. The van der Waals surface area contributed by atoms with Crippen molar-refractivity contribution in [1.29, 1.82) is 0 Å². The first kappa shape index (κ1) is 18.8. The largest absolute Gasteiger partial charge is 0.340 e. The van der Waals surface area contributed by atoms with Gasteiger partial charge < -0.3 is 10.6 Å². The molecule has 0 aliphatic carbocycles. The molecule has 24 heavy (non-hydrogen) atoms. The van der Waals surface area contributed by atoms with Gasteiger partial charge in [-0.1, -0.05) is 13.3 Å². The Morgan fingerprint density at radius 1 is 1.21 bits per heavy atom. The van der Waals surface area contributed by atoms with Crippen LogP contribution in [0.2, 0.25) is 0 Å². The average Bonchev–Trinajstić information content (AvgIpc) is 2.81. The molecular formula is C16H24FN3O3S. The monoisotopic (exact) mass is 357 g/mol. The van der Waals surface area contributed by atoms with Gasteiger partial charge in [-0.15, -0.1) is 0 Å². The van der Waals surface area contributed by atoms with Crippen LogP contribution in [0, 0.1) is 5.82 Å². The van der Waals surface area contributed by atoms with Gasteiger partial charge in [0.15, 0.2) is 0 Å². The molecule has 2 rings (SSSR count). The highest BCUT2D eigenvalue weighted by molar-refractivity contribution is 7.89. The molecule has 0 saturated carbocycles. The van der Waals surface area contributed by atoms with Crippen LogP contribution < -0.4 is 5.73 Å². The summed E-state index contributed by atoms with van der Waals surface area (Å²) in [6.45, 7) is 3.31. The number of amides is 1. The number of hydrogen-bond acceptors (Lipinski definition) is 4. The van der Waals surface area contributed by atoms with Gasteiger partial charge in [-0.05, 0) is 37.1 Å². The van der Waals surface area contributed by atoms with Crippen LogP contribution in [0.4, 0.5) is 4.39 Å². The summed E-state index contributed by atoms with van der Waals surface area (Å²) in [4.78, 5) is 14.0. The Balaban J connectivity index is 2.07. The van der Waals surface area contributed by atoms with E-state index in [1.165, 1.54) is 16.4 Å². The highest BCUT2D eigenvalue weighted by Crippen LogP contribution is 2.18. The number of rotatable bonds is 5. The van der Waals surface area contributed by atoms with Crippen molar-refractivity contribution in [3.05, 3.63) is 30.1 Å². The number of carbonyl (C=O) groups excluding carboxylic acids is 1. The lowest BCUT2D eigenvalue weighted by Gasteiger charge is -2.24. The summed E-state index contributed by atoms with van der Waals surface area (Å²) in [6, 6.07) is 4.25. The lowest BCUT2D eigenvalue weighted by atomic mass is 10.1. The van der Waals surface area contributed by atoms with E-state index in [1.807, 2.05) is 6.92 Å². The van der Waals surface area contributed by atoms with Gasteiger partial charge in [0.05, 0.1) is 10.9 Å². The topological polar surface area (TPSA) is 83.7 Å². The minimum atomic E-state index is -3.68. The van der Waals surface area contributed by atoms with Crippen molar-refractivity contribution in [2.75, 3.05) is 26.2 Å². The van der Waals surface area contributed by atoms with Gasteiger partial charge in [0.2, 0.25) is 15.9 Å². The SMILES string of the molecule is CCCC(N)C(=O)N1CCCN(S(=O)(=O)c2ccc(F)cc2)CC1. The van der Waals surface area contributed by atoms with Crippen molar-refractivity contribution in [3.63, 3.8) is 0 Å². The number of carbonyl (C=O) groups is 1. The third-order valence-electron chi connectivity index (χ3n) is 4.13. The molecule has 2 N–H and O–H groups in total. The van der Waals surface area contributed by atoms with E-state index in [1.54, 1.807) is 4.90 Å². The van der Waals surface area contributed by atoms with Crippen LogP contribution in [-0.4, -0.2) is 55.8 Å². The van der Waals surface area contributed by atoms with Crippen LogP contribution in [0.1, 0.15) is 26.2 Å². The molecule has 1 aromatic carbocycles. The number of halogens is 1. The molecule has 0 bridgehead atoms. The number of benzene rings is 1. The number of sulfonamides is 1. The zero-order chi connectivity index (χ0) is 17.7. The van der Waals surface area contributed by atoms with Crippen molar-refractivity contribution in [2.24, 2.45) is 5.73 Å². The van der Waals surface area contributed by atoms with Crippen LogP contribution in [0.5, 0.6) is 0 Å². The Morgan fingerprint density at radius 3 is 2.50 bits per heavy atom. The minimum Gasteiger partial charge on any atom is -0.340 e. The van der Waals surface area contributed by atoms with Crippen LogP contribution in [0.3, 0.4) is 0 Å². The second-order valence-corrected chi connectivity index (χ2v) is 7.87. The predicted octanol–water partition coefficient (Wildman–Crippen LogP) is 1.18. The van der Waals surface area contributed by atoms with Gasteiger partial charge in [-0.3, -0.25) is 4.79 Å². The fourth-order valence-corrected chi connectivity index (χ4v) is 4.25. The maximum absolute atomic E-state index is 13.0. The van der Waals surface area contributed by atoms with Crippen LogP contribution in [0.25, 0.3) is 0 Å². The maximum atomic E-state index is 13.0. The van der Waals surface area contributed by atoms with Gasteiger partial charge in [-0.25, -0.2) is 12.8 Å². The van der Waals surface area contributed by atoms with E-state index in [4.69, 9.17) is 5.73 Å². The Labute approximate surface area is 142 Å². The van der Waals surface area contributed by atoms with E-state index >= 15 is 0 Å². The van der Waals surface area contributed by atoms with Gasteiger partial charge in [0.1, 0.15) is 5.82 Å². The average molecular weight is 357 g/mol. The molecule has 1 heterocycles. The van der Waals surface area contributed by atoms with E-state index in [9.17, 15) is 17.6 Å². The molecule has 1 saturated heterocycles. The highest BCUT2D eigenvalue weighted by Gasteiger charge is 2.29. The van der Waals surface area contributed by atoms with Gasteiger partial charge >= 0.3 is 0 Å². The molecule has 6 nitrogen and oxygen atoms in total. The molecule has 1 fully saturated rings. The normalized spacial score (nSPS) is 18.2. The van der Waals surface area contributed by atoms with Gasteiger partial charge in [-0.2, -0.15) is 4.31 Å². The molecule has 1 aliphatic heterocycles. The second-order valence-electron chi connectivity index (χ2n) is 5.93. The highest BCUT2D eigenvalue weighted by atomic mass is 32.2. The minimum absolute atomic E-state index is 0.0614. The molecule has 0 aromatic heterocycles. The number of nitrogens with zero attached hydrogens (tertiary/aromatic N) is 2. The zero-order valence-corrected chi connectivity index (χ0v) is 14.6. The summed E-state index contributed by atoms with van der Waals surface area (Å²) in [5, 5.41) is 0. The molecular weight excluding hydrogens is 333 g/mol.